The molecular weight excluding hydrogens is 330 g/mol. The van der Waals surface area contributed by atoms with Crippen LogP contribution in [0.5, 0.6) is 0 Å². The molecule has 2 N–H and O–H groups in total. The van der Waals surface area contributed by atoms with E-state index in [1.165, 1.54) is 43.3 Å². The highest BCUT2D eigenvalue weighted by Gasteiger charge is 2.30. The summed E-state index contributed by atoms with van der Waals surface area (Å²) in [4.78, 5) is 23.0. The first-order valence-electron chi connectivity index (χ1n) is 5.64. The number of rotatable bonds is 4. The predicted molar refractivity (Wildman–Crippen MR) is 73.5 cm³/mol. The number of nitrogens with one attached hydrogen (secondary N) is 1. The van der Waals surface area contributed by atoms with Gasteiger partial charge >= 0.3 is 5.97 Å². The summed E-state index contributed by atoms with van der Waals surface area (Å²) in [5, 5.41) is 15.7. The molecule has 20 heavy (non-hydrogen) atoms. The third-order valence-electron chi connectivity index (χ3n) is 2.77. The Bertz CT molecular complexity index is 659. The molecule has 0 unspecified atom stereocenters. The monoisotopic (exact) mass is 341 g/mol. The predicted octanol–water partition coefficient (Wildman–Crippen LogP) is 2.31. The van der Waals surface area contributed by atoms with Gasteiger partial charge in [-0.2, -0.15) is 5.10 Å². The summed E-state index contributed by atoms with van der Waals surface area (Å²) in [6.07, 6.45) is 4.16. The number of nitrogens with zero attached hydrogens (tertiary/aromatic N) is 2. The Hall–Kier alpha value is -2.09. The Morgan fingerprint density at radius 3 is 2.75 bits per heavy atom. The number of aromatic nitrogens is 2. The van der Waals surface area contributed by atoms with E-state index in [-0.39, 0.29) is 5.91 Å². The van der Waals surface area contributed by atoms with Gasteiger partial charge in [0.15, 0.2) is 10.2 Å². The van der Waals surface area contributed by atoms with Gasteiger partial charge in [-0.15, -0.1) is 0 Å². The maximum Gasteiger partial charge on any atom is 0.331 e. The fourth-order valence-corrected chi connectivity index (χ4v) is 1.76. The first kappa shape index (κ1) is 14.3. The normalized spacial score (nSPS) is 11.3. The van der Waals surface area contributed by atoms with Crippen molar-refractivity contribution in [1.82, 2.24) is 9.78 Å². The lowest BCUT2D eigenvalue weighted by Gasteiger charge is -2.19. The zero-order valence-corrected chi connectivity index (χ0v) is 12.3. The molecule has 2 aromatic heterocycles. The summed E-state index contributed by atoms with van der Waals surface area (Å²) < 4.78 is 6.69. The van der Waals surface area contributed by atoms with E-state index in [0.717, 1.165) is 0 Å². The van der Waals surface area contributed by atoms with Crippen molar-refractivity contribution in [3.05, 3.63) is 35.0 Å². The number of anilines is 1. The van der Waals surface area contributed by atoms with Crippen molar-refractivity contribution in [2.45, 2.75) is 19.4 Å². The van der Waals surface area contributed by atoms with E-state index < -0.39 is 11.5 Å². The highest BCUT2D eigenvalue weighted by Crippen LogP contribution is 2.19. The van der Waals surface area contributed by atoms with Crippen LogP contribution < -0.4 is 5.32 Å². The Kier molecular flexibility index (Phi) is 3.67. The molecule has 0 aliphatic carbocycles. The second-order valence-electron chi connectivity index (χ2n) is 4.63. The molecule has 0 radical (unpaired) electrons. The molecule has 0 aliphatic heterocycles. The molecule has 0 aromatic carbocycles. The lowest BCUT2D eigenvalue weighted by molar-refractivity contribution is -0.146. The van der Waals surface area contributed by atoms with Crippen molar-refractivity contribution >= 4 is 33.5 Å². The second kappa shape index (κ2) is 5.12. The summed E-state index contributed by atoms with van der Waals surface area (Å²) in [5.41, 5.74) is -0.439. The van der Waals surface area contributed by atoms with Crippen LogP contribution >= 0.6 is 15.9 Å². The number of hydrogen-bond acceptors (Lipinski definition) is 4. The van der Waals surface area contributed by atoms with E-state index >= 15 is 0 Å². The molecule has 0 fully saturated rings. The van der Waals surface area contributed by atoms with Crippen LogP contribution in [-0.2, 0) is 10.3 Å². The summed E-state index contributed by atoms with van der Waals surface area (Å²) in [6, 6.07) is 1.53. The Morgan fingerprint density at radius 1 is 1.50 bits per heavy atom. The van der Waals surface area contributed by atoms with Crippen LogP contribution in [0.1, 0.15) is 24.2 Å². The summed E-state index contributed by atoms with van der Waals surface area (Å²) in [5.74, 6) is -1.38. The number of hydrogen-bond donors (Lipinski definition) is 2. The summed E-state index contributed by atoms with van der Waals surface area (Å²) >= 11 is 3.10. The van der Waals surface area contributed by atoms with Crippen LogP contribution in [0.25, 0.3) is 0 Å². The second-order valence-corrected chi connectivity index (χ2v) is 5.41. The molecule has 2 heterocycles. The lowest BCUT2D eigenvalue weighted by atomic mass is 10.1. The van der Waals surface area contributed by atoms with Gasteiger partial charge in [0.05, 0.1) is 17.4 Å². The molecule has 0 bridgehead atoms. The van der Waals surface area contributed by atoms with Crippen molar-refractivity contribution in [2.24, 2.45) is 0 Å². The van der Waals surface area contributed by atoms with Gasteiger partial charge in [-0.05, 0) is 29.8 Å². The molecule has 8 heteroatoms. The third kappa shape index (κ3) is 2.74. The number of carboxylic acids is 1. The van der Waals surface area contributed by atoms with E-state index in [9.17, 15) is 9.59 Å². The van der Waals surface area contributed by atoms with Gasteiger partial charge in [0, 0.05) is 12.3 Å². The van der Waals surface area contributed by atoms with E-state index in [4.69, 9.17) is 9.52 Å². The fourth-order valence-electron chi connectivity index (χ4n) is 1.42. The number of furan rings is 1. The first-order valence-corrected chi connectivity index (χ1v) is 6.44. The molecule has 1 amide bonds. The van der Waals surface area contributed by atoms with Gasteiger partial charge in [-0.3, -0.25) is 9.48 Å². The third-order valence-corrected chi connectivity index (χ3v) is 3.18. The van der Waals surface area contributed by atoms with Gasteiger partial charge in [-0.25, -0.2) is 4.79 Å². The van der Waals surface area contributed by atoms with Crippen molar-refractivity contribution < 1.29 is 19.1 Å². The molecule has 0 spiro atoms. The Balaban J connectivity index is 2.14. The van der Waals surface area contributed by atoms with Crippen LogP contribution in [0.15, 0.2) is 33.8 Å². The molecule has 0 saturated carbocycles. The molecule has 0 atom stereocenters. The lowest BCUT2D eigenvalue weighted by Crippen LogP contribution is -2.35. The van der Waals surface area contributed by atoms with Crippen LogP contribution in [-0.4, -0.2) is 26.8 Å². The number of halogens is 1. The first-order chi connectivity index (χ1) is 9.30. The highest BCUT2D eigenvalue weighted by atomic mass is 79.9. The van der Waals surface area contributed by atoms with Crippen LogP contribution in [0.3, 0.4) is 0 Å². The van der Waals surface area contributed by atoms with Crippen LogP contribution in [0, 0.1) is 0 Å². The zero-order chi connectivity index (χ0) is 14.9. The van der Waals surface area contributed by atoms with E-state index in [1.54, 1.807) is 0 Å². The molecular formula is C12H12BrN3O4. The van der Waals surface area contributed by atoms with Crippen LogP contribution in [0.2, 0.25) is 0 Å². The minimum absolute atomic E-state index is 0.349. The smallest absolute Gasteiger partial charge is 0.331 e. The molecule has 2 rings (SSSR count). The van der Waals surface area contributed by atoms with Crippen LogP contribution in [0.4, 0.5) is 5.69 Å². The van der Waals surface area contributed by atoms with E-state index in [1.807, 2.05) is 0 Å². The Morgan fingerprint density at radius 2 is 2.20 bits per heavy atom. The fraction of sp³-hybridized carbons (Fsp3) is 0.250. The maximum atomic E-state index is 11.9. The minimum atomic E-state index is -1.19. The van der Waals surface area contributed by atoms with Gasteiger partial charge in [0.2, 0.25) is 0 Å². The SMILES string of the molecule is CC(C)(C(=O)O)n1cc(NC(=O)c2coc(Br)c2)cn1. The van der Waals surface area contributed by atoms with Gasteiger partial charge in [0.1, 0.15) is 6.26 Å². The molecule has 7 nitrogen and oxygen atoms in total. The highest BCUT2D eigenvalue weighted by molar-refractivity contribution is 9.10. The van der Waals surface area contributed by atoms with Crippen molar-refractivity contribution in [3.63, 3.8) is 0 Å². The summed E-state index contributed by atoms with van der Waals surface area (Å²) in [6.45, 7) is 3.03. The molecule has 0 aliphatic rings. The molecule has 106 valence electrons. The van der Waals surface area contributed by atoms with E-state index in [0.29, 0.717) is 15.9 Å². The average Bonchev–Trinajstić information content (AvgIpc) is 2.98. The molecule has 2 aromatic rings. The van der Waals surface area contributed by atoms with Crippen molar-refractivity contribution in [1.29, 1.82) is 0 Å². The number of amides is 1. The number of carboxylic acid groups (broad SMARTS) is 1. The number of carbonyl (C=O) groups is 2. The zero-order valence-electron chi connectivity index (χ0n) is 10.8. The van der Waals surface area contributed by atoms with Gasteiger partial charge in [-0.1, -0.05) is 0 Å². The van der Waals surface area contributed by atoms with Crippen molar-refractivity contribution in [2.75, 3.05) is 5.32 Å². The Labute approximate surface area is 122 Å². The number of carbonyl (C=O) groups excluding carboxylic acids is 1. The largest absolute Gasteiger partial charge is 0.479 e. The van der Waals surface area contributed by atoms with Gasteiger partial charge < -0.3 is 14.8 Å². The average molecular weight is 342 g/mol. The minimum Gasteiger partial charge on any atom is -0.479 e. The summed E-state index contributed by atoms with van der Waals surface area (Å²) in [7, 11) is 0. The maximum absolute atomic E-state index is 11.9. The number of aliphatic carboxylic acids is 1. The standard InChI is InChI=1S/C12H12BrN3O4/c1-12(2,11(18)19)16-5-8(4-14-16)15-10(17)7-3-9(13)20-6-7/h3-6H,1-2H3,(H,15,17)(H,18,19). The topological polar surface area (TPSA) is 97.4 Å². The van der Waals surface area contributed by atoms with Gasteiger partial charge in [0.25, 0.3) is 5.91 Å². The van der Waals surface area contributed by atoms with E-state index in [2.05, 4.69) is 26.3 Å². The molecule has 0 saturated heterocycles. The van der Waals surface area contributed by atoms with Crippen molar-refractivity contribution in [3.8, 4) is 0 Å². The quantitative estimate of drug-likeness (QED) is 0.889.